The van der Waals surface area contributed by atoms with Crippen LogP contribution in [0.4, 0.5) is 0 Å². The van der Waals surface area contributed by atoms with Crippen LogP contribution in [0.15, 0.2) is 53.1 Å². The Morgan fingerprint density at radius 1 is 1.09 bits per heavy atom. The van der Waals surface area contributed by atoms with E-state index in [9.17, 15) is 4.79 Å². The second-order valence-electron chi connectivity index (χ2n) is 8.04. The molecule has 0 radical (unpaired) electrons. The van der Waals surface area contributed by atoms with Gasteiger partial charge in [0, 0.05) is 37.8 Å². The minimum atomic E-state index is 0.0456. The van der Waals surface area contributed by atoms with E-state index in [1.165, 1.54) is 11.1 Å². The highest BCUT2D eigenvalue weighted by atomic mass is 16.5. The Kier molecular flexibility index (Phi) is 6.66. The van der Waals surface area contributed by atoms with Gasteiger partial charge >= 0.3 is 0 Å². The van der Waals surface area contributed by atoms with Gasteiger partial charge in [-0.05, 0) is 55.3 Å². The number of aromatic nitrogens is 2. The van der Waals surface area contributed by atoms with E-state index < -0.39 is 0 Å². The molecule has 7 nitrogen and oxygen atoms in total. The fraction of sp³-hybridized carbons (Fsp3) is 0.320. The fourth-order valence-corrected chi connectivity index (χ4v) is 3.77. The topological polar surface area (TPSA) is 71.7 Å². The molecule has 2 aromatic carbocycles. The highest BCUT2D eigenvalue weighted by Gasteiger charge is 2.21. The molecule has 0 atom stereocenters. The Bertz CT molecular complexity index is 1100. The summed E-state index contributed by atoms with van der Waals surface area (Å²) in [5, 5.41) is 4.09. The van der Waals surface area contributed by atoms with Gasteiger partial charge in [-0.3, -0.25) is 9.69 Å². The number of benzene rings is 2. The van der Waals surface area contributed by atoms with Gasteiger partial charge in [0.1, 0.15) is 5.75 Å². The van der Waals surface area contributed by atoms with Crippen LogP contribution in [0.5, 0.6) is 5.75 Å². The van der Waals surface area contributed by atoms with Crippen LogP contribution in [0.25, 0.3) is 17.5 Å². The summed E-state index contributed by atoms with van der Waals surface area (Å²) in [7, 11) is 1.63. The number of hydrogen-bond donors (Lipinski definition) is 0. The van der Waals surface area contributed by atoms with E-state index in [2.05, 4.69) is 47.1 Å². The first-order valence-electron chi connectivity index (χ1n) is 10.8. The molecule has 0 aliphatic carbocycles. The van der Waals surface area contributed by atoms with Crippen molar-refractivity contribution in [1.29, 1.82) is 0 Å². The molecule has 1 aromatic heterocycles. The lowest BCUT2D eigenvalue weighted by atomic mass is 10.1. The lowest BCUT2D eigenvalue weighted by molar-refractivity contribution is -0.127. The van der Waals surface area contributed by atoms with Gasteiger partial charge in [-0.1, -0.05) is 28.9 Å². The van der Waals surface area contributed by atoms with Crippen molar-refractivity contribution in [1.82, 2.24) is 19.9 Å². The molecule has 3 aromatic rings. The summed E-state index contributed by atoms with van der Waals surface area (Å²) >= 11 is 0. The molecule has 0 bridgehead atoms. The molecule has 0 unspecified atom stereocenters. The number of piperazine rings is 1. The number of carbonyl (C=O) groups excluding carboxylic acids is 1. The molecule has 166 valence electrons. The maximum Gasteiger partial charge on any atom is 0.246 e. The molecule has 2 heterocycles. The number of amides is 1. The van der Waals surface area contributed by atoms with Gasteiger partial charge in [0.15, 0.2) is 0 Å². The molecular weight excluding hydrogens is 404 g/mol. The van der Waals surface area contributed by atoms with Crippen LogP contribution in [0.1, 0.15) is 22.6 Å². The van der Waals surface area contributed by atoms with Gasteiger partial charge in [-0.15, -0.1) is 0 Å². The van der Waals surface area contributed by atoms with Crippen molar-refractivity contribution in [2.75, 3.05) is 33.3 Å². The zero-order valence-corrected chi connectivity index (χ0v) is 18.7. The Labute approximate surface area is 188 Å². The van der Waals surface area contributed by atoms with Crippen molar-refractivity contribution >= 4 is 12.0 Å². The minimum Gasteiger partial charge on any atom is -0.497 e. The van der Waals surface area contributed by atoms with Crippen LogP contribution < -0.4 is 4.74 Å². The zero-order valence-electron chi connectivity index (χ0n) is 18.7. The van der Waals surface area contributed by atoms with Crippen LogP contribution in [-0.2, 0) is 11.3 Å². The van der Waals surface area contributed by atoms with E-state index in [1.54, 1.807) is 13.2 Å². The summed E-state index contributed by atoms with van der Waals surface area (Å²) in [6, 6.07) is 13.8. The van der Waals surface area contributed by atoms with Gasteiger partial charge in [0.2, 0.25) is 17.6 Å². The number of hydrogen-bond acceptors (Lipinski definition) is 6. The predicted molar refractivity (Wildman–Crippen MR) is 123 cm³/mol. The molecule has 1 aliphatic rings. The number of ether oxygens (including phenoxy) is 1. The summed E-state index contributed by atoms with van der Waals surface area (Å²) < 4.78 is 10.6. The van der Waals surface area contributed by atoms with Crippen LogP contribution in [-0.4, -0.2) is 59.1 Å². The van der Waals surface area contributed by atoms with E-state index in [-0.39, 0.29) is 5.91 Å². The van der Waals surface area contributed by atoms with E-state index in [1.807, 2.05) is 35.2 Å². The van der Waals surface area contributed by atoms with Gasteiger partial charge in [0.05, 0.1) is 13.7 Å². The molecule has 7 heteroatoms. The van der Waals surface area contributed by atoms with E-state index in [0.29, 0.717) is 31.3 Å². The minimum absolute atomic E-state index is 0.0456. The Morgan fingerprint density at radius 3 is 2.53 bits per heavy atom. The number of rotatable bonds is 6. The molecule has 0 spiro atoms. The summed E-state index contributed by atoms with van der Waals surface area (Å²) in [5.41, 5.74) is 4.35. The SMILES string of the molecule is COc1ccc(-c2noc(CN3CCN(C(=O)/C=C/c4ccc(C)cc4C)CC3)n2)cc1. The van der Waals surface area contributed by atoms with Crippen molar-refractivity contribution in [3.8, 4) is 17.1 Å². The number of nitrogens with zero attached hydrogens (tertiary/aromatic N) is 4. The lowest BCUT2D eigenvalue weighted by Crippen LogP contribution is -2.47. The normalized spacial score (nSPS) is 14.8. The van der Waals surface area contributed by atoms with Gasteiger partial charge in [-0.2, -0.15) is 4.98 Å². The van der Waals surface area contributed by atoms with Crippen molar-refractivity contribution in [3.63, 3.8) is 0 Å². The van der Waals surface area contributed by atoms with Crippen molar-refractivity contribution in [3.05, 3.63) is 71.1 Å². The van der Waals surface area contributed by atoms with Crippen LogP contribution in [0.3, 0.4) is 0 Å². The van der Waals surface area contributed by atoms with Crippen molar-refractivity contribution in [2.45, 2.75) is 20.4 Å². The highest BCUT2D eigenvalue weighted by molar-refractivity contribution is 5.92. The summed E-state index contributed by atoms with van der Waals surface area (Å²) in [6.45, 7) is 7.59. The lowest BCUT2D eigenvalue weighted by Gasteiger charge is -2.33. The van der Waals surface area contributed by atoms with E-state index >= 15 is 0 Å². The van der Waals surface area contributed by atoms with Crippen LogP contribution in [0.2, 0.25) is 0 Å². The maximum atomic E-state index is 12.6. The van der Waals surface area contributed by atoms with Gasteiger partial charge in [0.25, 0.3) is 0 Å². The standard InChI is InChI=1S/C25H28N4O3/c1-18-4-5-20(19(2)16-18)8-11-24(30)29-14-12-28(13-15-29)17-23-26-25(27-32-23)21-6-9-22(31-3)10-7-21/h4-11,16H,12-15,17H2,1-3H3/b11-8+. The number of methoxy groups -OCH3 is 1. The number of carbonyl (C=O) groups is 1. The van der Waals surface area contributed by atoms with Gasteiger partial charge < -0.3 is 14.2 Å². The molecule has 0 N–H and O–H groups in total. The molecule has 1 saturated heterocycles. The molecule has 1 aliphatic heterocycles. The predicted octanol–water partition coefficient (Wildman–Crippen LogP) is 3.72. The molecule has 4 rings (SSSR count). The smallest absolute Gasteiger partial charge is 0.246 e. The molecule has 32 heavy (non-hydrogen) atoms. The number of aryl methyl sites for hydroxylation is 2. The quantitative estimate of drug-likeness (QED) is 0.553. The third kappa shape index (κ3) is 5.23. The fourth-order valence-electron chi connectivity index (χ4n) is 3.77. The molecule has 1 fully saturated rings. The summed E-state index contributed by atoms with van der Waals surface area (Å²) in [5.74, 6) is 1.97. The monoisotopic (exact) mass is 432 g/mol. The third-order valence-electron chi connectivity index (χ3n) is 5.69. The average Bonchev–Trinajstić information content (AvgIpc) is 3.27. The average molecular weight is 433 g/mol. The second-order valence-corrected chi connectivity index (χ2v) is 8.04. The Morgan fingerprint density at radius 2 is 1.84 bits per heavy atom. The highest BCUT2D eigenvalue weighted by Crippen LogP contribution is 2.20. The first-order chi connectivity index (χ1) is 15.5. The van der Waals surface area contributed by atoms with Crippen LogP contribution in [0, 0.1) is 13.8 Å². The largest absolute Gasteiger partial charge is 0.497 e. The second kappa shape index (κ2) is 9.78. The zero-order chi connectivity index (χ0) is 22.5. The van der Waals surface area contributed by atoms with Gasteiger partial charge in [-0.25, -0.2) is 0 Å². The molecule has 0 saturated carbocycles. The van der Waals surface area contributed by atoms with E-state index in [0.717, 1.165) is 30.0 Å². The maximum absolute atomic E-state index is 12.6. The Balaban J connectivity index is 1.29. The third-order valence-corrected chi connectivity index (χ3v) is 5.69. The summed E-state index contributed by atoms with van der Waals surface area (Å²) in [4.78, 5) is 21.2. The molecule has 1 amide bonds. The Hall–Kier alpha value is -3.45. The summed E-state index contributed by atoms with van der Waals surface area (Å²) in [6.07, 6.45) is 3.58. The van der Waals surface area contributed by atoms with Crippen LogP contribution >= 0.6 is 0 Å². The van der Waals surface area contributed by atoms with Crippen molar-refractivity contribution < 1.29 is 14.1 Å². The molecular formula is C25H28N4O3. The first-order valence-corrected chi connectivity index (χ1v) is 10.8. The van der Waals surface area contributed by atoms with E-state index in [4.69, 9.17) is 9.26 Å². The van der Waals surface area contributed by atoms with Crippen molar-refractivity contribution in [2.24, 2.45) is 0 Å². The first kappa shape index (κ1) is 21.8.